The van der Waals surface area contributed by atoms with Crippen molar-refractivity contribution in [2.24, 2.45) is 5.92 Å². The van der Waals surface area contributed by atoms with Gasteiger partial charge in [-0.1, -0.05) is 39.3 Å². The average Bonchev–Trinajstić information content (AvgIpc) is 2.14. The van der Waals surface area contributed by atoms with Crippen molar-refractivity contribution in [1.29, 1.82) is 0 Å². The molecule has 0 amide bonds. The number of rotatable bonds is 7. The van der Waals surface area contributed by atoms with E-state index >= 15 is 0 Å². The van der Waals surface area contributed by atoms with Crippen LogP contribution in [0.3, 0.4) is 0 Å². The fourth-order valence-corrected chi connectivity index (χ4v) is 1.44. The Balaban J connectivity index is 4.13. The van der Waals surface area contributed by atoms with Gasteiger partial charge in [-0.2, -0.15) is 0 Å². The fraction of sp³-hybridized carbons (Fsp3) is 0.615. The first kappa shape index (κ1) is 13.2. The molecule has 0 unspecified atom stereocenters. The summed E-state index contributed by atoms with van der Waals surface area (Å²) in [5.74, 6) is 0.621. The topological polar surface area (TPSA) is 17.1 Å². The third kappa shape index (κ3) is 5.74. The minimum Gasteiger partial charge on any atom is -0.290 e. The number of hydrogen-bond donors (Lipinski definition) is 0. The lowest BCUT2D eigenvalue weighted by atomic mass is 9.97. The van der Waals surface area contributed by atoms with Crippen molar-refractivity contribution in [1.82, 2.24) is 0 Å². The highest BCUT2D eigenvalue weighted by molar-refractivity contribution is 6.02. The standard InChI is InChI=1S/C13H22O/c1-5-7-12(8-6-2)9-10-13(14)11(3)4/h9-10,12H,3,5-8H2,1-2,4H3/b10-9-. The zero-order chi connectivity index (χ0) is 11.0. The van der Waals surface area contributed by atoms with Crippen molar-refractivity contribution >= 4 is 5.78 Å². The maximum atomic E-state index is 11.3. The van der Waals surface area contributed by atoms with Crippen LogP contribution in [-0.4, -0.2) is 5.78 Å². The largest absolute Gasteiger partial charge is 0.290 e. The molecule has 0 rings (SSSR count). The lowest BCUT2D eigenvalue weighted by Crippen LogP contribution is -1.98. The first-order chi connectivity index (χ1) is 6.61. The molecule has 0 N–H and O–H groups in total. The maximum Gasteiger partial charge on any atom is 0.180 e. The summed E-state index contributed by atoms with van der Waals surface area (Å²) >= 11 is 0. The molecule has 0 spiro atoms. The highest BCUT2D eigenvalue weighted by Crippen LogP contribution is 2.15. The van der Waals surface area contributed by atoms with E-state index in [2.05, 4.69) is 20.4 Å². The monoisotopic (exact) mass is 194 g/mol. The van der Waals surface area contributed by atoms with Crippen LogP contribution >= 0.6 is 0 Å². The summed E-state index contributed by atoms with van der Waals surface area (Å²) in [4.78, 5) is 11.3. The molecule has 0 radical (unpaired) electrons. The zero-order valence-electron chi connectivity index (χ0n) is 9.68. The normalized spacial score (nSPS) is 11.1. The van der Waals surface area contributed by atoms with Gasteiger partial charge < -0.3 is 0 Å². The van der Waals surface area contributed by atoms with Gasteiger partial charge in [-0.25, -0.2) is 0 Å². The first-order valence-electron chi connectivity index (χ1n) is 5.49. The molecule has 0 saturated carbocycles. The molecule has 0 aliphatic carbocycles. The van der Waals surface area contributed by atoms with Gasteiger partial charge in [0.1, 0.15) is 0 Å². The smallest absolute Gasteiger partial charge is 0.180 e. The summed E-state index contributed by atoms with van der Waals surface area (Å²) in [5, 5.41) is 0. The molecule has 1 nitrogen and oxygen atoms in total. The molecular formula is C13H22O. The lowest BCUT2D eigenvalue weighted by Gasteiger charge is -2.08. The number of hydrogen-bond acceptors (Lipinski definition) is 1. The van der Waals surface area contributed by atoms with Crippen LogP contribution in [0.4, 0.5) is 0 Å². The van der Waals surface area contributed by atoms with Crippen LogP contribution in [0.25, 0.3) is 0 Å². The highest BCUT2D eigenvalue weighted by atomic mass is 16.1. The van der Waals surface area contributed by atoms with E-state index < -0.39 is 0 Å². The van der Waals surface area contributed by atoms with Crippen LogP contribution in [0.2, 0.25) is 0 Å². The molecule has 0 atom stereocenters. The fourth-order valence-electron chi connectivity index (χ4n) is 1.44. The van der Waals surface area contributed by atoms with Crippen LogP contribution in [0.1, 0.15) is 46.5 Å². The van der Waals surface area contributed by atoms with Gasteiger partial charge in [-0.05, 0) is 37.3 Å². The molecule has 0 saturated heterocycles. The molecule has 0 aromatic carbocycles. The summed E-state index contributed by atoms with van der Waals surface area (Å²) in [6.07, 6.45) is 8.43. The third-order valence-corrected chi connectivity index (χ3v) is 2.26. The zero-order valence-corrected chi connectivity index (χ0v) is 9.68. The highest BCUT2D eigenvalue weighted by Gasteiger charge is 2.03. The van der Waals surface area contributed by atoms with Crippen LogP contribution in [-0.2, 0) is 4.79 Å². The number of carbonyl (C=O) groups is 1. The van der Waals surface area contributed by atoms with Crippen LogP contribution < -0.4 is 0 Å². The van der Waals surface area contributed by atoms with Crippen LogP contribution in [0.5, 0.6) is 0 Å². The van der Waals surface area contributed by atoms with E-state index in [0.717, 1.165) is 0 Å². The molecule has 0 fully saturated rings. The van der Waals surface area contributed by atoms with Crippen molar-refractivity contribution in [3.05, 3.63) is 24.3 Å². The van der Waals surface area contributed by atoms with E-state index in [4.69, 9.17) is 0 Å². The van der Waals surface area contributed by atoms with Crippen molar-refractivity contribution in [3.63, 3.8) is 0 Å². The predicted molar refractivity (Wildman–Crippen MR) is 62.3 cm³/mol. The predicted octanol–water partition coefficient (Wildman–Crippen LogP) is 3.90. The Hall–Kier alpha value is -0.850. The molecule has 0 bridgehead atoms. The quantitative estimate of drug-likeness (QED) is 0.562. The first-order valence-corrected chi connectivity index (χ1v) is 5.49. The van der Waals surface area contributed by atoms with E-state index in [1.54, 1.807) is 13.0 Å². The Bertz CT molecular complexity index is 207. The Morgan fingerprint density at radius 1 is 1.29 bits per heavy atom. The number of ketones is 1. The average molecular weight is 194 g/mol. The molecule has 80 valence electrons. The van der Waals surface area contributed by atoms with Crippen molar-refractivity contribution < 1.29 is 4.79 Å². The van der Waals surface area contributed by atoms with Gasteiger partial charge >= 0.3 is 0 Å². The molecule has 0 heterocycles. The molecule has 1 heteroatoms. The second-order valence-electron chi connectivity index (χ2n) is 3.84. The van der Waals surface area contributed by atoms with Crippen LogP contribution in [0, 0.1) is 5.92 Å². The number of carbonyl (C=O) groups excluding carboxylic acids is 1. The van der Waals surface area contributed by atoms with Gasteiger partial charge in [-0.15, -0.1) is 0 Å². The molecule has 0 aromatic heterocycles. The molecule has 0 aromatic rings. The van der Waals surface area contributed by atoms with E-state index in [9.17, 15) is 4.79 Å². The molecule has 0 aliphatic heterocycles. The molecular weight excluding hydrogens is 172 g/mol. The molecule has 14 heavy (non-hydrogen) atoms. The number of allylic oxidation sites excluding steroid dienone is 3. The Kier molecular flexibility index (Phi) is 7.09. The SMILES string of the molecule is C=C(C)C(=O)/C=C\C(CCC)CCC. The summed E-state index contributed by atoms with van der Waals surface area (Å²) in [5.41, 5.74) is 0.619. The second kappa shape index (κ2) is 7.54. The van der Waals surface area contributed by atoms with Gasteiger partial charge in [0, 0.05) is 0 Å². The van der Waals surface area contributed by atoms with Gasteiger partial charge in [0.15, 0.2) is 5.78 Å². The van der Waals surface area contributed by atoms with Crippen LogP contribution in [0.15, 0.2) is 24.3 Å². The summed E-state index contributed by atoms with van der Waals surface area (Å²) in [6.45, 7) is 9.73. The summed E-state index contributed by atoms with van der Waals surface area (Å²) in [7, 11) is 0. The van der Waals surface area contributed by atoms with E-state index in [-0.39, 0.29) is 5.78 Å². The van der Waals surface area contributed by atoms with Crippen molar-refractivity contribution in [2.75, 3.05) is 0 Å². The van der Waals surface area contributed by atoms with Gasteiger partial charge in [0.05, 0.1) is 0 Å². The van der Waals surface area contributed by atoms with Crippen molar-refractivity contribution in [3.8, 4) is 0 Å². The van der Waals surface area contributed by atoms with E-state index in [1.165, 1.54) is 25.7 Å². The Morgan fingerprint density at radius 3 is 2.14 bits per heavy atom. The summed E-state index contributed by atoms with van der Waals surface area (Å²) in [6, 6.07) is 0. The Morgan fingerprint density at radius 2 is 1.79 bits per heavy atom. The van der Waals surface area contributed by atoms with Gasteiger partial charge in [-0.3, -0.25) is 4.79 Å². The maximum absolute atomic E-state index is 11.3. The van der Waals surface area contributed by atoms with Gasteiger partial charge in [0.2, 0.25) is 0 Å². The third-order valence-electron chi connectivity index (χ3n) is 2.26. The molecule has 0 aliphatic rings. The minimum atomic E-state index is 0.0576. The lowest BCUT2D eigenvalue weighted by molar-refractivity contribution is -0.111. The second-order valence-corrected chi connectivity index (χ2v) is 3.84. The minimum absolute atomic E-state index is 0.0576. The van der Waals surface area contributed by atoms with E-state index in [1.807, 2.05) is 6.08 Å². The van der Waals surface area contributed by atoms with Crippen molar-refractivity contribution in [2.45, 2.75) is 46.5 Å². The Labute approximate surface area is 87.9 Å². The van der Waals surface area contributed by atoms with E-state index in [0.29, 0.717) is 11.5 Å². The van der Waals surface area contributed by atoms with Gasteiger partial charge in [0.25, 0.3) is 0 Å². The summed E-state index contributed by atoms with van der Waals surface area (Å²) < 4.78 is 0.